The van der Waals surface area contributed by atoms with Gasteiger partial charge >= 0.3 is 29.8 Å². The van der Waals surface area contributed by atoms with Crippen LogP contribution in [0, 0.1) is 10.1 Å². The van der Waals surface area contributed by atoms with Crippen molar-refractivity contribution in [3.05, 3.63) is 118 Å². The molecule has 1 saturated heterocycles. The molecule has 11 N–H and O–H groups in total. The van der Waals surface area contributed by atoms with Crippen LogP contribution in [0.4, 0.5) is 0 Å². The molecule has 1 fully saturated rings. The van der Waals surface area contributed by atoms with E-state index in [1.54, 1.807) is 191 Å². The van der Waals surface area contributed by atoms with Crippen LogP contribution in [-0.4, -0.2) is 360 Å². The number of esters is 5. The summed E-state index contributed by atoms with van der Waals surface area (Å²) in [6.07, 6.45) is 6.96. The van der Waals surface area contributed by atoms with Gasteiger partial charge in [-0.3, -0.25) is 28.2 Å². The molecule has 1 aliphatic rings. The second-order valence-corrected chi connectivity index (χ2v) is 56.8. The number of nitrogens with zero attached hydrogens (tertiary/aromatic N) is 1. The molecule has 1 aliphatic heterocycles. The maximum absolute atomic E-state index is 11.4. The summed E-state index contributed by atoms with van der Waals surface area (Å²) in [5, 5.41) is 77.6. The molecule has 30 nitrogen and oxygen atoms in total. The molecule has 0 aromatic heterocycles. The maximum atomic E-state index is 11.4. The summed E-state index contributed by atoms with van der Waals surface area (Å²) in [6.45, 7) is 21.3. The number of carbonyl (C=O) groups is 5. The van der Waals surface area contributed by atoms with Crippen molar-refractivity contribution in [2.75, 3.05) is 258 Å². The molecule has 53 heteroatoms. The fourth-order valence-corrected chi connectivity index (χ4v) is 26.6. The number of quaternary nitrogens is 1. The van der Waals surface area contributed by atoms with Crippen molar-refractivity contribution >= 4 is 283 Å². The minimum Gasteiger partial charge on any atom is -0.465 e. The number of hydrogen-bond donors (Lipinski definition) is 9. The number of halogens is 2. The zero-order chi connectivity index (χ0) is 104. The lowest BCUT2D eigenvalue weighted by atomic mass is 9.80. The highest BCUT2D eigenvalue weighted by atomic mass is 79.9. The number of alkyl halides is 2. The summed E-state index contributed by atoms with van der Waals surface area (Å²) in [7, 11) is 31.3. The Morgan fingerprint density at radius 2 is 0.761 bits per heavy atom. The van der Waals surface area contributed by atoms with Crippen LogP contribution in [0.5, 0.6) is 0 Å². The van der Waals surface area contributed by atoms with E-state index in [0.29, 0.717) is 68.9 Å². The predicted molar refractivity (Wildman–Crippen MR) is 620 cm³/mol. The highest BCUT2D eigenvalue weighted by molar-refractivity contribution is 9.09. The molecule has 0 amide bonds. The van der Waals surface area contributed by atoms with Crippen LogP contribution in [0.3, 0.4) is 0 Å². The number of aliphatic hydroxyl groups is 8. The van der Waals surface area contributed by atoms with Crippen molar-refractivity contribution in [3.63, 3.8) is 0 Å². The third kappa shape index (κ3) is 124. The Hall–Kier alpha value is 1.37. The molecule has 0 aliphatic carbocycles. The van der Waals surface area contributed by atoms with Crippen molar-refractivity contribution < 1.29 is 136 Å². The monoisotopic (exact) mass is 2440 g/mol. The Morgan fingerprint density at radius 3 is 1.07 bits per heavy atom. The van der Waals surface area contributed by atoms with Crippen molar-refractivity contribution in [3.8, 4) is 0 Å². The highest BCUT2D eigenvalue weighted by Gasteiger charge is 2.37. The largest absolute Gasteiger partial charge is 0.465 e. The van der Waals surface area contributed by atoms with Crippen molar-refractivity contribution in [1.29, 1.82) is 0 Å². The first-order valence-electron chi connectivity index (χ1n) is 43.0. The van der Waals surface area contributed by atoms with E-state index in [4.69, 9.17) is 90.3 Å². The Bertz CT molecular complexity index is 3070. The summed E-state index contributed by atoms with van der Waals surface area (Å²) >= 11 is 8.50. The van der Waals surface area contributed by atoms with Gasteiger partial charge in [0.1, 0.15) is 49.1 Å². The number of methoxy groups -OCH3 is 1. The van der Waals surface area contributed by atoms with E-state index >= 15 is 0 Å². The molecule has 1 unspecified atom stereocenters. The molecule has 4 rings (SSSR count). The topological polar surface area (TPSA) is 454 Å². The Labute approximate surface area is 916 Å². The van der Waals surface area contributed by atoms with Gasteiger partial charge in [-0.1, -0.05) is 330 Å². The Morgan fingerprint density at radius 1 is 0.449 bits per heavy atom. The molecule has 0 saturated carbocycles. The molecule has 3 aromatic rings. The van der Waals surface area contributed by atoms with E-state index in [1.807, 2.05) is 59.7 Å². The summed E-state index contributed by atoms with van der Waals surface area (Å²) < 4.78 is 72.9. The number of benzene rings is 3. The lowest BCUT2D eigenvalue weighted by molar-refractivity contribution is -0.756. The van der Waals surface area contributed by atoms with E-state index in [-0.39, 0.29) is 115 Å². The number of ether oxygens (including phenoxy) is 9. The lowest BCUT2D eigenvalue weighted by Gasteiger charge is -2.36. The van der Waals surface area contributed by atoms with E-state index in [0.717, 1.165) is 166 Å². The van der Waals surface area contributed by atoms with Gasteiger partial charge in [-0.05, 0) is 90.3 Å². The smallest absolute Gasteiger partial charge is 0.320 e. The molecule has 812 valence electrons. The molecule has 138 heavy (non-hydrogen) atoms. The average Bonchev–Trinajstić information content (AvgIpc) is 0.758. The van der Waals surface area contributed by atoms with E-state index in [1.165, 1.54) is 59.1 Å². The molecule has 1 atom stereocenters. The molecule has 0 bridgehead atoms. The highest BCUT2D eigenvalue weighted by Crippen LogP contribution is 2.41. The normalized spacial score (nSPS) is 11.8. The van der Waals surface area contributed by atoms with Crippen LogP contribution in [0.15, 0.2) is 91.0 Å². The van der Waals surface area contributed by atoms with Gasteiger partial charge in [0.05, 0.1) is 97.8 Å². The van der Waals surface area contributed by atoms with Gasteiger partial charge < -0.3 is 94.1 Å². The van der Waals surface area contributed by atoms with Crippen molar-refractivity contribution in [2.24, 2.45) is 0 Å². The van der Waals surface area contributed by atoms with Gasteiger partial charge in [-0.25, -0.2) is 0 Å². The molecular weight excluding hydrogens is 2290 g/mol. The Balaban J connectivity index is -0.000000283. The molecular formula is C85H155BrClN2O28S21+. The van der Waals surface area contributed by atoms with Gasteiger partial charge in [-0.2, -0.15) is 8.42 Å². The first-order valence-corrected chi connectivity index (χ1v) is 71.4. The molecule has 0 radical (unpaired) electrons. The number of carbonyl (C=O) groups excluding carboxylic acids is 5. The van der Waals surface area contributed by atoms with Crippen LogP contribution in [0.25, 0.3) is 0 Å². The minimum absolute atomic E-state index is 0. The zero-order valence-corrected chi connectivity index (χ0v) is 99.7. The van der Waals surface area contributed by atoms with E-state index < -0.39 is 26.4 Å². The number of rotatable bonds is 70. The standard InChI is InChI=1S/C23H24O2S2.C11H22O5S3.C10H20O3S2.C9H18O3S2.C7H14O3S2.C6H11ClO3S2.C6H12O3S2.C4H9BrOS2.C4H9NO4S2.C4H11NOS2.CH4/c24-16-18-26-27-19-17-25-23(20-10-4-1-5-11-20,21-12-6-2-7-13-21)22-14-8-3-9-15-22;1-11(2,3)16-10(12)6-5-8-17-18-9-7-15-19(4,13)14;1-10(2,3)13-9(12)5-4-7-14-15-8-6-11;10-4-7-13-14-8-6-12-9-3-1-2-5-11-9;1-7(8)10-4-6-12-11-5-3-9-2;7-5-6(9)10-2-4-12-11-3-1-8;1-6(8)9-3-5-11-10-4-2-7;5-1-3-7-8-4-2-6;6-1-3-10-11-4-2-9-5(7)8;5-1-3-7-8-4-2-6;/h1-15,24H,16-19H2;5-9H2,1-4H3;11H,4-8H2,1-3H3;9-10H,1-8H2;3-6H2,1-2H3;8H,1-5H2;7H,2-5H2,1H3;6H,1-4H2;6H,1-4H2;6H,1-5H2;1H4/p+1. The van der Waals surface area contributed by atoms with Crippen molar-refractivity contribution in [2.45, 2.75) is 131 Å². The summed E-state index contributed by atoms with van der Waals surface area (Å²) in [6, 6.07) is 31.3. The molecule has 3 aromatic carbocycles. The van der Waals surface area contributed by atoms with Crippen LogP contribution in [0.2, 0.25) is 0 Å². The van der Waals surface area contributed by atoms with Crippen LogP contribution in [0.1, 0.15) is 124 Å². The van der Waals surface area contributed by atoms with Gasteiger partial charge in [0.2, 0.25) is 0 Å². The van der Waals surface area contributed by atoms with E-state index in [2.05, 4.69) is 108 Å². The second-order valence-electron chi connectivity index (χ2n) is 27.1. The number of hydrogen-bond acceptors (Lipinski definition) is 48. The van der Waals surface area contributed by atoms with Gasteiger partial charge in [0, 0.05) is 155 Å². The first-order chi connectivity index (χ1) is 65.8. The zero-order valence-electron chi connectivity index (χ0n) is 80.2. The fraction of sp³-hybridized carbons (Fsp3) is 0.729. The van der Waals surface area contributed by atoms with Gasteiger partial charge in [0.25, 0.3) is 15.2 Å². The second kappa shape index (κ2) is 119. The van der Waals surface area contributed by atoms with Crippen LogP contribution < -0.4 is 5.73 Å². The van der Waals surface area contributed by atoms with Crippen molar-refractivity contribution in [1.82, 2.24) is 0 Å². The summed E-state index contributed by atoms with van der Waals surface area (Å²) in [5.74, 6) is 15.1. The SMILES string of the molecule is C.CC(=O)OCCSSCCO.CC(C)(C)OC(=O)CCCSSCCO.CC(C)(C)OC(=O)CCCSSCCOS(C)(=O)=O.COCCSSCCOC(C)=O.O=C(CCl)OCCSSCCO.O=[N+]([O-])OCCSSCCO.OCCSSCCBr.OCCSSCCOC(c1ccccc1)(c1ccccc1)c1ccccc1.OCCSSCCOC1CCCCO1.[NH3+]CCSSCCO. The number of aliphatic hydroxyl groups excluding tert-OH is 8. The summed E-state index contributed by atoms with van der Waals surface area (Å²) in [4.78, 5) is 67.4. The van der Waals surface area contributed by atoms with Crippen LogP contribution >= 0.6 is 243 Å². The maximum Gasteiger partial charge on any atom is 0.320 e. The Kier molecular flexibility index (Phi) is 131. The predicted octanol–water partition coefficient (Wildman–Crippen LogP) is 18.4. The van der Waals surface area contributed by atoms with Gasteiger partial charge in [0.15, 0.2) is 6.29 Å². The van der Waals surface area contributed by atoms with E-state index in [9.17, 15) is 42.5 Å². The van der Waals surface area contributed by atoms with Crippen LogP contribution in [-0.2, 0) is 91.3 Å². The lowest BCUT2D eigenvalue weighted by Crippen LogP contribution is -2.51. The third-order valence-electron chi connectivity index (χ3n) is 13.0. The fourth-order valence-electron chi connectivity index (χ4n) is 8.11. The average molecular weight is 2440 g/mol. The van der Waals surface area contributed by atoms with Gasteiger partial charge in [-0.15, -0.1) is 21.7 Å². The summed E-state index contributed by atoms with van der Waals surface area (Å²) in [5.41, 5.74) is 5.59. The first kappa shape index (κ1) is 152. The third-order valence-corrected chi connectivity index (χ3v) is 38.6. The quantitative estimate of drug-likeness (QED) is 0.00292. The molecule has 0 spiro atoms. The molecule has 1 heterocycles. The minimum atomic E-state index is -3.33.